The van der Waals surface area contributed by atoms with Crippen LogP contribution in [0.5, 0.6) is 0 Å². The van der Waals surface area contributed by atoms with Crippen LogP contribution in [0.15, 0.2) is 48.5 Å². The maximum atomic E-state index is 13.7. The topological polar surface area (TPSA) is 24.5 Å². The molecule has 0 amide bonds. The fraction of sp³-hybridized carbons (Fsp3) is 0.235. The SMILES string of the molecule is COCCN(Cc1ccccc1)C(=S)Nc1ccc(F)cc1F. The predicted molar refractivity (Wildman–Crippen MR) is 91.3 cm³/mol. The van der Waals surface area contributed by atoms with Crippen molar-refractivity contribution in [3.63, 3.8) is 0 Å². The Balaban J connectivity index is 2.09. The van der Waals surface area contributed by atoms with Gasteiger partial charge >= 0.3 is 0 Å². The fourth-order valence-corrected chi connectivity index (χ4v) is 2.31. The summed E-state index contributed by atoms with van der Waals surface area (Å²) in [6.07, 6.45) is 0. The van der Waals surface area contributed by atoms with Crippen LogP contribution in [0, 0.1) is 11.6 Å². The number of nitrogens with zero attached hydrogens (tertiary/aromatic N) is 1. The molecule has 2 aromatic carbocycles. The minimum atomic E-state index is -0.682. The molecule has 2 rings (SSSR count). The zero-order chi connectivity index (χ0) is 16.7. The van der Waals surface area contributed by atoms with E-state index in [0.29, 0.717) is 24.8 Å². The highest BCUT2D eigenvalue weighted by Gasteiger charge is 2.13. The zero-order valence-corrected chi connectivity index (χ0v) is 13.6. The third kappa shape index (κ3) is 5.26. The first kappa shape index (κ1) is 17.3. The number of halogens is 2. The molecule has 0 saturated carbocycles. The molecule has 0 bridgehead atoms. The largest absolute Gasteiger partial charge is 0.383 e. The molecule has 0 spiro atoms. The van der Waals surface area contributed by atoms with Gasteiger partial charge in [0.1, 0.15) is 11.6 Å². The molecular weight excluding hydrogens is 318 g/mol. The highest BCUT2D eigenvalue weighted by atomic mass is 32.1. The molecule has 0 radical (unpaired) electrons. The summed E-state index contributed by atoms with van der Waals surface area (Å²) in [5, 5.41) is 3.18. The van der Waals surface area contributed by atoms with E-state index in [1.807, 2.05) is 35.2 Å². The molecule has 0 aromatic heterocycles. The van der Waals surface area contributed by atoms with Gasteiger partial charge in [-0.2, -0.15) is 0 Å². The first-order valence-electron chi connectivity index (χ1n) is 7.14. The van der Waals surface area contributed by atoms with Crippen LogP contribution in [0.3, 0.4) is 0 Å². The number of ether oxygens (including phenoxy) is 1. The standard InChI is InChI=1S/C17H18F2N2OS/c1-22-10-9-21(12-13-5-3-2-4-6-13)17(23)20-16-8-7-14(18)11-15(16)19/h2-8,11H,9-10,12H2,1H3,(H,20,23). The number of thiocarbonyl (C=S) groups is 1. The Bertz CT molecular complexity index is 652. The first-order valence-corrected chi connectivity index (χ1v) is 7.55. The van der Waals surface area contributed by atoms with E-state index in [4.69, 9.17) is 17.0 Å². The number of rotatable bonds is 6. The Hall–Kier alpha value is -2.05. The lowest BCUT2D eigenvalue weighted by Gasteiger charge is -2.26. The highest BCUT2D eigenvalue weighted by molar-refractivity contribution is 7.80. The molecule has 3 nitrogen and oxygen atoms in total. The summed E-state index contributed by atoms with van der Waals surface area (Å²) in [6.45, 7) is 1.61. The van der Waals surface area contributed by atoms with Gasteiger partial charge in [0.2, 0.25) is 0 Å². The van der Waals surface area contributed by atoms with Gasteiger partial charge in [-0.25, -0.2) is 8.78 Å². The lowest BCUT2D eigenvalue weighted by molar-refractivity contribution is 0.175. The maximum Gasteiger partial charge on any atom is 0.173 e. The van der Waals surface area contributed by atoms with Gasteiger partial charge in [-0.1, -0.05) is 30.3 Å². The van der Waals surface area contributed by atoms with Crippen molar-refractivity contribution in [2.75, 3.05) is 25.6 Å². The van der Waals surface area contributed by atoms with E-state index in [-0.39, 0.29) is 5.69 Å². The van der Waals surface area contributed by atoms with Crippen LogP contribution in [0.2, 0.25) is 0 Å². The second-order valence-corrected chi connectivity index (χ2v) is 5.34. The summed E-state index contributed by atoms with van der Waals surface area (Å²) in [5.41, 5.74) is 1.22. The van der Waals surface area contributed by atoms with Gasteiger partial charge in [-0.15, -0.1) is 0 Å². The molecule has 0 aliphatic rings. The average Bonchev–Trinajstić information content (AvgIpc) is 2.55. The quantitative estimate of drug-likeness (QED) is 0.811. The number of benzene rings is 2. The minimum absolute atomic E-state index is 0.145. The Morgan fingerprint density at radius 1 is 1.17 bits per heavy atom. The lowest BCUT2D eigenvalue weighted by atomic mass is 10.2. The number of nitrogens with one attached hydrogen (secondary N) is 1. The smallest absolute Gasteiger partial charge is 0.173 e. The molecule has 0 heterocycles. The van der Waals surface area contributed by atoms with Crippen LogP contribution >= 0.6 is 12.2 Å². The summed E-state index contributed by atoms with van der Waals surface area (Å²) in [6, 6.07) is 13.1. The summed E-state index contributed by atoms with van der Waals surface area (Å²) in [4.78, 5) is 1.87. The van der Waals surface area contributed by atoms with Gasteiger partial charge in [-0.3, -0.25) is 0 Å². The van der Waals surface area contributed by atoms with Gasteiger partial charge in [0.15, 0.2) is 5.11 Å². The monoisotopic (exact) mass is 336 g/mol. The number of methoxy groups -OCH3 is 1. The van der Waals surface area contributed by atoms with Crippen LogP contribution in [0.4, 0.5) is 14.5 Å². The maximum absolute atomic E-state index is 13.7. The van der Waals surface area contributed by atoms with Crippen molar-refractivity contribution in [3.05, 3.63) is 65.7 Å². The van der Waals surface area contributed by atoms with E-state index < -0.39 is 11.6 Å². The molecule has 0 aliphatic heterocycles. The number of hydrogen-bond acceptors (Lipinski definition) is 2. The average molecular weight is 336 g/mol. The normalized spacial score (nSPS) is 10.4. The van der Waals surface area contributed by atoms with Crippen molar-refractivity contribution >= 4 is 23.0 Å². The molecule has 0 fully saturated rings. The summed E-state index contributed by atoms with van der Waals surface area (Å²) >= 11 is 5.36. The van der Waals surface area contributed by atoms with Crippen LogP contribution in [0.1, 0.15) is 5.56 Å². The van der Waals surface area contributed by atoms with Crippen LogP contribution in [-0.4, -0.2) is 30.3 Å². The molecule has 6 heteroatoms. The van der Waals surface area contributed by atoms with Crippen LogP contribution in [0.25, 0.3) is 0 Å². The van der Waals surface area contributed by atoms with E-state index >= 15 is 0 Å². The Labute approximate surface area is 139 Å². The molecular formula is C17H18F2N2OS. The second kappa shape index (κ2) is 8.55. The summed E-state index contributed by atoms with van der Waals surface area (Å²) in [7, 11) is 1.61. The van der Waals surface area contributed by atoms with Crippen LogP contribution in [-0.2, 0) is 11.3 Å². The van der Waals surface area contributed by atoms with E-state index in [1.54, 1.807) is 7.11 Å². The molecule has 1 N–H and O–H groups in total. The molecule has 0 unspecified atom stereocenters. The van der Waals surface area contributed by atoms with Crippen molar-refractivity contribution in [2.45, 2.75) is 6.54 Å². The molecule has 2 aromatic rings. The molecule has 0 aliphatic carbocycles. The Morgan fingerprint density at radius 2 is 1.91 bits per heavy atom. The van der Waals surface area contributed by atoms with Crippen molar-refractivity contribution in [1.29, 1.82) is 0 Å². The second-order valence-electron chi connectivity index (χ2n) is 4.95. The number of hydrogen-bond donors (Lipinski definition) is 1. The van der Waals surface area contributed by atoms with E-state index in [2.05, 4.69) is 5.32 Å². The van der Waals surface area contributed by atoms with Crippen molar-refractivity contribution in [2.24, 2.45) is 0 Å². The number of anilines is 1. The fourth-order valence-electron chi connectivity index (χ4n) is 2.04. The van der Waals surface area contributed by atoms with Gasteiger partial charge in [-0.05, 0) is 29.9 Å². The summed E-state index contributed by atoms with van der Waals surface area (Å²) in [5.74, 6) is -1.31. The Kier molecular flexibility index (Phi) is 6.43. The molecule has 23 heavy (non-hydrogen) atoms. The van der Waals surface area contributed by atoms with Gasteiger partial charge in [0.05, 0.1) is 12.3 Å². The highest BCUT2D eigenvalue weighted by Crippen LogP contribution is 2.16. The third-order valence-corrected chi connectivity index (χ3v) is 3.60. The molecule has 0 atom stereocenters. The molecule has 0 saturated heterocycles. The van der Waals surface area contributed by atoms with E-state index in [0.717, 1.165) is 11.6 Å². The van der Waals surface area contributed by atoms with Crippen molar-refractivity contribution < 1.29 is 13.5 Å². The van der Waals surface area contributed by atoms with E-state index in [1.165, 1.54) is 12.1 Å². The zero-order valence-electron chi connectivity index (χ0n) is 12.8. The van der Waals surface area contributed by atoms with Gasteiger partial charge in [0, 0.05) is 26.3 Å². The van der Waals surface area contributed by atoms with Gasteiger partial charge < -0.3 is 15.0 Å². The predicted octanol–water partition coefficient (Wildman–Crippen LogP) is 3.81. The third-order valence-electron chi connectivity index (χ3n) is 3.24. The van der Waals surface area contributed by atoms with Crippen molar-refractivity contribution in [1.82, 2.24) is 4.90 Å². The minimum Gasteiger partial charge on any atom is -0.383 e. The lowest BCUT2D eigenvalue weighted by Crippen LogP contribution is -2.36. The van der Waals surface area contributed by atoms with E-state index in [9.17, 15) is 8.78 Å². The Morgan fingerprint density at radius 3 is 2.57 bits per heavy atom. The van der Waals surface area contributed by atoms with Crippen LogP contribution < -0.4 is 5.32 Å². The summed E-state index contributed by atoms with van der Waals surface area (Å²) < 4.78 is 31.8. The molecule has 122 valence electrons. The first-order chi connectivity index (χ1) is 11.1. The van der Waals surface area contributed by atoms with Crippen molar-refractivity contribution in [3.8, 4) is 0 Å². The van der Waals surface area contributed by atoms with Gasteiger partial charge in [0.25, 0.3) is 0 Å².